The Hall–Kier alpha value is -1.16. The van der Waals surface area contributed by atoms with Gasteiger partial charge < -0.3 is 5.11 Å². The van der Waals surface area contributed by atoms with Gasteiger partial charge in [-0.15, -0.1) is 0 Å². The highest BCUT2D eigenvalue weighted by molar-refractivity contribution is 14.1. The van der Waals surface area contributed by atoms with Crippen LogP contribution in [0.15, 0.2) is 47.6 Å². The Balaban J connectivity index is 1.98. The van der Waals surface area contributed by atoms with Gasteiger partial charge in [0.05, 0.1) is 16.2 Å². The van der Waals surface area contributed by atoms with Crippen LogP contribution in [0.5, 0.6) is 5.75 Å². The topological polar surface area (TPSA) is 61.7 Å². The van der Waals surface area contributed by atoms with Crippen LogP contribution in [0.2, 0.25) is 0 Å². The van der Waals surface area contributed by atoms with Crippen molar-refractivity contribution >= 4 is 57.3 Å². The first-order chi connectivity index (χ1) is 10.1. The number of halogens is 2. The zero-order valence-electron chi connectivity index (χ0n) is 10.9. The molecule has 0 bridgehead atoms. The molecule has 2 N–H and O–H groups in total. The van der Waals surface area contributed by atoms with E-state index in [-0.39, 0.29) is 18.1 Å². The Morgan fingerprint density at radius 3 is 2.67 bits per heavy atom. The van der Waals surface area contributed by atoms with Crippen LogP contribution in [0.25, 0.3) is 0 Å². The van der Waals surface area contributed by atoms with Crippen molar-refractivity contribution in [1.29, 1.82) is 0 Å². The molecule has 6 heteroatoms. The molecule has 0 aliphatic rings. The number of nitrogens with one attached hydrogen (secondary N) is 1. The number of phenolic OH excluding ortho intramolecular Hbond substituents is 1. The zero-order chi connectivity index (χ0) is 15.2. The smallest absolute Gasteiger partial charge is 0.244 e. The summed E-state index contributed by atoms with van der Waals surface area (Å²) in [6, 6.07) is 13.1. The normalized spacial score (nSPS) is 10.8. The first-order valence-electron chi connectivity index (χ1n) is 6.10. The van der Waals surface area contributed by atoms with E-state index in [1.807, 2.05) is 36.4 Å². The highest BCUT2D eigenvalue weighted by Crippen LogP contribution is 2.25. The molecular formula is C15H12I2N2O2. The van der Waals surface area contributed by atoms with E-state index in [9.17, 15) is 9.90 Å². The summed E-state index contributed by atoms with van der Waals surface area (Å²) in [6.07, 6.45) is 1.72. The van der Waals surface area contributed by atoms with Gasteiger partial charge in [0.1, 0.15) is 5.75 Å². The average molecular weight is 506 g/mol. The molecule has 0 heterocycles. The van der Waals surface area contributed by atoms with E-state index >= 15 is 0 Å². The van der Waals surface area contributed by atoms with Crippen molar-refractivity contribution in [2.45, 2.75) is 6.42 Å². The third-order valence-corrected chi connectivity index (χ3v) is 4.10. The first-order valence-corrected chi connectivity index (χ1v) is 8.26. The van der Waals surface area contributed by atoms with Gasteiger partial charge in [0.25, 0.3) is 0 Å². The number of nitrogens with zero attached hydrogens (tertiary/aromatic N) is 1. The molecule has 1 amide bonds. The fourth-order valence-electron chi connectivity index (χ4n) is 1.68. The minimum Gasteiger partial charge on any atom is -0.506 e. The summed E-state index contributed by atoms with van der Waals surface area (Å²) in [7, 11) is 0. The lowest BCUT2D eigenvalue weighted by atomic mass is 10.1. The Bertz CT molecular complexity index is 673. The van der Waals surface area contributed by atoms with Crippen molar-refractivity contribution in [1.82, 2.24) is 5.43 Å². The summed E-state index contributed by atoms with van der Waals surface area (Å²) < 4.78 is 1.74. The number of rotatable bonds is 4. The number of phenols is 1. The number of benzene rings is 2. The fourth-order valence-corrected chi connectivity index (χ4v) is 3.57. The lowest BCUT2D eigenvalue weighted by Crippen LogP contribution is -2.19. The third kappa shape index (κ3) is 4.95. The molecule has 0 aliphatic heterocycles. The fraction of sp³-hybridized carbons (Fsp3) is 0.0667. The lowest BCUT2D eigenvalue weighted by molar-refractivity contribution is -0.120. The van der Waals surface area contributed by atoms with Crippen LogP contribution in [-0.4, -0.2) is 17.2 Å². The molecule has 0 fully saturated rings. The molecule has 0 atom stereocenters. The Morgan fingerprint density at radius 2 is 1.95 bits per heavy atom. The van der Waals surface area contributed by atoms with Crippen LogP contribution in [0.1, 0.15) is 11.1 Å². The van der Waals surface area contributed by atoms with Gasteiger partial charge in [-0.25, -0.2) is 5.43 Å². The second-order valence-corrected chi connectivity index (χ2v) is 6.69. The molecular weight excluding hydrogens is 494 g/mol. The van der Waals surface area contributed by atoms with Crippen molar-refractivity contribution in [2.24, 2.45) is 5.10 Å². The van der Waals surface area contributed by atoms with Crippen LogP contribution in [0, 0.1) is 7.14 Å². The summed E-state index contributed by atoms with van der Waals surface area (Å²) in [5, 5.41) is 13.8. The second kappa shape index (κ2) is 7.74. The van der Waals surface area contributed by atoms with Crippen LogP contribution in [-0.2, 0) is 11.2 Å². The number of hydrogen-bond donors (Lipinski definition) is 2. The molecule has 2 aromatic rings. The third-order valence-electron chi connectivity index (χ3n) is 2.66. The Labute approximate surface area is 149 Å². The maximum Gasteiger partial charge on any atom is 0.244 e. The summed E-state index contributed by atoms with van der Waals surface area (Å²) in [5.74, 6) is -0.0330. The molecule has 0 aliphatic carbocycles. The molecule has 2 rings (SSSR count). The van der Waals surface area contributed by atoms with Gasteiger partial charge in [-0.3, -0.25) is 4.79 Å². The Morgan fingerprint density at radius 1 is 1.24 bits per heavy atom. The van der Waals surface area contributed by atoms with Gasteiger partial charge in [-0.05, 0) is 62.9 Å². The summed E-state index contributed by atoms with van der Waals surface area (Å²) >= 11 is 4.21. The van der Waals surface area contributed by atoms with Crippen LogP contribution in [0.4, 0.5) is 0 Å². The van der Waals surface area contributed by atoms with E-state index in [0.717, 1.165) is 12.7 Å². The predicted octanol–water partition coefficient (Wildman–Crippen LogP) is 3.29. The summed E-state index contributed by atoms with van der Waals surface area (Å²) in [5.41, 5.74) is 3.96. The maximum atomic E-state index is 11.7. The van der Waals surface area contributed by atoms with Crippen molar-refractivity contribution < 1.29 is 9.90 Å². The average Bonchev–Trinajstić information content (AvgIpc) is 2.45. The van der Waals surface area contributed by atoms with Crippen molar-refractivity contribution in [3.8, 4) is 5.75 Å². The zero-order valence-corrected chi connectivity index (χ0v) is 15.2. The monoisotopic (exact) mass is 506 g/mol. The molecule has 0 saturated carbocycles. The molecule has 0 aromatic heterocycles. The van der Waals surface area contributed by atoms with Crippen LogP contribution in [0.3, 0.4) is 0 Å². The molecule has 4 nitrogen and oxygen atoms in total. The minimum absolute atomic E-state index is 0.164. The van der Waals surface area contributed by atoms with E-state index in [2.05, 4.69) is 55.7 Å². The summed E-state index contributed by atoms with van der Waals surface area (Å²) in [6.45, 7) is 0. The van der Waals surface area contributed by atoms with E-state index in [4.69, 9.17) is 0 Å². The number of hydrazone groups is 1. The molecule has 21 heavy (non-hydrogen) atoms. The predicted molar refractivity (Wildman–Crippen MR) is 99.4 cm³/mol. The number of amides is 1. The lowest BCUT2D eigenvalue weighted by Gasteiger charge is -2.03. The molecule has 0 unspecified atom stereocenters. The quantitative estimate of drug-likeness (QED) is 0.380. The molecule has 0 saturated heterocycles. The minimum atomic E-state index is -0.197. The van der Waals surface area contributed by atoms with Gasteiger partial charge in [0.15, 0.2) is 0 Å². The van der Waals surface area contributed by atoms with E-state index in [0.29, 0.717) is 5.56 Å². The highest BCUT2D eigenvalue weighted by Gasteiger charge is 2.05. The first kappa shape index (κ1) is 16.2. The van der Waals surface area contributed by atoms with Gasteiger partial charge in [0.2, 0.25) is 5.91 Å². The van der Waals surface area contributed by atoms with Crippen LogP contribution < -0.4 is 5.43 Å². The van der Waals surface area contributed by atoms with Crippen LogP contribution >= 0.6 is 45.2 Å². The van der Waals surface area contributed by atoms with E-state index in [1.165, 1.54) is 6.21 Å². The molecule has 0 spiro atoms. The van der Waals surface area contributed by atoms with Crippen molar-refractivity contribution in [3.63, 3.8) is 0 Å². The Kier molecular flexibility index (Phi) is 5.97. The standard InChI is InChI=1S/C15H12I2N2O2/c16-12-7-11(15(21)13(17)8-12)9-18-19-14(20)6-10-4-2-1-3-5-10/h1-5,7-9,21H,6H2,(H,19,20)/b18-9-. The highest BCUT2D eigenvalue weighted by atomic mass is 127. The van der Waals surface area contributed by atoms with Gasteiger partial charge in [-0.2, -0.15) is 5.10 Å². The summed E-state index contributed by atoms with van der Waals surface area (Å²) in [4.78, 5) is 11.7. The molecule has 2 aromatic carbocycles. The van der Waals surface area contributed by atoms with Crippen molar-refractivity contribution in [3.05, 3.63) is 60.7 Å². The molecule has 108 valence electrons. The number of hydrogen-bond acceptors (Lipinski definition) is 3. The molecule has 0 radical (unpaired) electrons. The maximum absolute atomic E-state index is 11.7. The number of carbonyl (C=O) groups excluding carboxylic acids is 1. The van der Waals surface area contributed by atoms with E-state index < -0.39 is 0 Å². The van der Waals surface area contributed by atoms with Gasteiger partial charge in [0, 0.05) is 9.13 Å². The SMILES string of the molecule is O=C(Cc1ccccc1)N/N=C\c1cc(I)cc(I)c1O. The number of aromatic hydroxyl groups is 1. The van der Waals surface area contributed by atoms with Crippen molar-refractivity contribution in [2.75, 3.05) is 0 Å². The largest absolute Gasteiger partial charge is 0.506 e. The second-order valence-electron chi connectivity index (χ2n) is 4.28. The van der Waals surface area contributed by atoms with Gasteiger partial charge in [-0.1, -0.05) is 30.3 Å². The van der Waals surface area contributed by atoms with Gasteiger partial charge >= 0.3 is 0 Å². The van der Waals surface area contributed by atoms with E-state index in [1.54, 1.807) is 6.07 Å². The number of carbonyl (C=O) groups is 1.